The molecule has 0 amide bonds. The monoisotopic (exact) mass is 674 g/mol. The Bertz CT molecular complexity index is 777. The lowest BCUT2D eigenvalue weighted by atomic mass is 10.1. The van der Waals surface area contributed by atoms with E-state index in [4.69, 9.17) is 20.9 Å². The van der Waals surface area contributed by atoms with Gasteiger partial charge in [0.05, 0.1) is 12.7 Å². The molecule has 0 aromatic carbocycles. The van der Waals surface area contributed by atoms with Crippen molar-refractivity contribution in [1.82, 2.24) is 10.9 Å². The number of hydrogen-bond acceptors (Lipinski definition) is 5. The summed E-state index contributed by atoms with van der Waals surface area (Å²) >= 11 is 0. The zero-order chi connectivity index (χ0) is 34.9. The Kier molecular flexibility index (Phi) is 39.6. The lowest BCUT2D eigenvalue weighted by Gasteiger charge is -2.19. The van der Waals surface area contributed by atoms with E-state index in [1.165, 1.54) is 128 Å². The van der Waals surface area contributed by atoms with Gasteiger partial charge < -0.3 is 20.9 Å². The lowest BCUT2D eigenvalue weighted by Crippen LogP contribution is -2.41. The van der Waals surface area contributed by atoms with Crippen molar-refractivity contribution in [3.63, 3.8) is 0 Å². The first-order chi connectivity index (χ1) is 23.7. The number of guanidine groups is 1. The van der Waals surface area contributed by atoms with Crippen LogP contribution in [0.5, 0.6) is 0 Å². The van der Waals surface area contributed by atoms with Crippen LogP contribution in [0.15, 0.2) is 53.6 Å². The second kappa shape index (κ2) is 41.2. The number of aliphatic imine (C=N–C) groups is 1. The van der Waals surface area contributed by atoms with Crippen molar-refractivity contribution in [3.05, 3.63) is 48.6 Å². The molecule has 7 heteroatoms. The van der Waals surface area contributed by atoms with E-state index < -0.39 is 0 Å². The molecule has 0 saturated carbocycles. The van der Waals surface area contributed by atoms with Gasteiger partial charge in [0.15, 0.2) is 5.96 Å². The molecule has 0 radical (unpaired) electrons. The van der Waals surface area contributed by atoms with E-state index >= 15 is 0 Å². The van der Waals surface area contributed by atoms with E-state index in [1.54, 1.807) is 0 Å². The number of rotatable bonds is 38. The van der Waals surface area contributed by atoms with Crippen molar-refractivity contribution in [2.24, 2.45) is 16.5 Å². The van der Waals surface area contributed by atoms with E-state index in [9.17, 15) is 0 Å². The molecule has 1 unspecified atom stereocenters. The predicted molar refractivity (Wildman–Crippen MR) is 211 cm³/mol. The first-order valence-corrected chi connectivity index (χ1v) is 20.0. The average Bonchev–Trinajstić information content (AvgIpc) is 3.08. The van der Waals surface area contributed by atoms with E-state index in [0.717, 1.165) is 38.9 Å². The van der Waals surface area contributed by atoms with Crippen LogP contribution < -0.4 is 22.3 Å². The molecule has 0 aliphatic carbocycles. The van der Waals surface area contributed by atoms with Gasteiger partial charge >= 0.3 is 0 Å². The molecule has 0 aromatic heterocycles. The van der Waals surface area contributed by atoms with Gasteiger partial charge in [-0.2, -0.15) is 0 Å². The molecule has 0 rings (SSSR count). The second-order valence-electron chi connectivity index (χ2n) is 13.0. The van der Waals surface area contributed by atoms with Crippen LogP contribution in [0, 0.1) is 0 Å². The van der Waals surface area contributed by atoms with E-state index in [1.807, 2.05) is 0 Å². The Labute approximate surface area is 297 Å². The minimum atomic E-state index is -0.000668. The fourth-order valence-corrected chi connectivity index (χ4v) is 5.29. The first kappa shape index (κ1) is 46.1. The van der Waals surface area contributed by atoms with Crippen molar-refractivity contribution in [3.8, 4) is 0 Å². The molecular formula is C41H79N5O2. The summed E-state index contributed by atoms with van der Waals surface area (Å²) in [5.74, 6) is 0.0751. The molecule has 6 N–H and O–H groups in total. The van der Waals surface area contributed by atoms with Crippen LogP contribution in [0.4, 0.5) is 0 Å². The molecule has 0 saturated heterocycles. The maximum atomic E-state index is 6.19. The summed E-state index contributed by atoms with van der Waals surface area (Å²) in [6.07, 6.45) is 48.7. The van der Waals surface area contributed by atoms with Crippen LogP contribution in [0.3, 0.4) is 0 Å². The summed E-state index contributed by atoms with van der Waals surface area (Å²) in [5, 5.41) is 0. The van der Waals surface area contributed by atoms with Gasteiger partial charge in [0, 0.05) is 19.8 Å². The quantitative estimate of drug-likeness (QED) is 0.0171. The number of nitrogens with zero attached hydrogens (tertiary/aromatic N) is 1. The molecular weight excluding hydrogens is 594 g/mol. The molecule has 0 spiro atoms. The highest BCUT2D eigenvalue weighted by Crippen LogP contribution is 2.10. The van der Waals surface area contributed by atoms with Gasteiger partial charge in [0.2, 0.25) is 0 Å². The summed E-state index contributed by atoms with van der Waals surface area (Å²) in [4.78, 5) is 3.94. The molecule has 0 aliphatic heterocycles. The summed E-state index contributed by atoms with van der Waals surface area (Å²) < 4.78 is 12.2. The maximum Gasteiger partial charge on any atom is 0.187 e. The van der Waals surface area contributed by atoms with Gasteiger partial charge in [-0.1, -0.05) is 140 Å². The number of hydrogen-bond donors (Lipinski definition) is 4. The van der Waals surface area contributed by atoms with Crippen LogP contribution >= 0.6 is 0 Å². The van der Waals surface area contributed by atoms with E-state index in [2.05, 4.69) is 78.3 Å². The van der Waals surface area contributed by atoms with Gasteiger partial charge in [-0.25, -0.2) is 10.4 Å². The fraction of sp³-hybridized carbons (Fsp3) is 0.780. The maximum absolute atomic E-state index is 6.19. The number of hydrazine groups is 1. The topological polar surface area (TPSA) is 107 Å². The molecule has 0 bridgehead atoms. The normalized spacial score (nSPS) is 12.8. The first-order valence-electron chi connectivity index (χ1n) is 20.0. The highest BCUT2D eigenvalue weighted by atomic mass is 16.5. The summed E-state index contributed by atoms with van der Waals surface area (Å²) in [5.41, 5.74) is 17.0. The second-order valence-corrected chi connectivity index (χ2v) is 13.0. The molecule has 0 heterocycles. The third-order valence-electron chi connectivity index (χ3n) is 8.29. The standard InChI is InChI=1S/C41H79N5O2/c1-3-5-7-9-11-13-15-17-19-21-23-25-27-29-31-33-35-47-38-40(37-45-46-39-44-41(42)43)48-36-34-32-30-28-26-24-22-20-18-16-14-12-10-8-6-4-2/h11-14,17-20,40,45-46H,3-10,15-16,21-39H2,1-2H3,(H4,42,43,44)/b13-11-,14-12-,19-17-,20-18-. The van der Waals surface area contributed by atoms with Crippen LogP contribution in [0.25, 0.3) is 0 Å². The number of nitrogens with two attached hydrogens (primary N) is 2. The zero-order valence-electron chi connectivity index (χ0n) is 31.6. The Morgan fingerprint density at radius 2 is 0.979 bits per heavy atom. The van der Waals surface area contributed by atoms with E-state index in [0.29, 0.717) is 19.8 Å². The van der Waals surface area contributed by atoms with Crippen LogP contribution in [0.2, 0.25) is 0 Å². The van der Waals surface area contributed by atoms with Crippen molar-refractivity contribution < 1.29 is 9.47 Å². The van der Waals surface area contributed by atoms with Crippen molar-refractivity contribution in [2.45, 2.75) is 174 Å². The minimum absolute atomic E-state index is 0.000668. The number of allylic oxidation sites excluding steroid dienone is 8. The van der Waals surface area contributed by atoms with Crippen molar-refractivity contribution >= 4 is 5.96 Å². The molecule has 0 aliphatic rings. The minimum Gasteiger partial charge on any atom is -0.379 e. The average molecular weight is 674 g/mol. The highest BCUT2D eigenvalue weighted by molar-refractivity contribution is 5.75. The van der Waals surface area contributed by atoms with Gasteiger partial charge in [0.25, 0.3) is 0 Å². The Balaban J connectivity index is 3.86. The number of unbranched alkanes of at least 4 members (excludes halogenated alkanes) is 18. The Morgan fingerprint density at radius 1 is 0.542 bits per heavy atom. The molecule has 7 nitrogen and oxygen atoms in total. The smallest absolute Gasteiger partial charge is 0.187 e. The molecule has 0 aromatic rings. The van der Waals surface area contributed by atoms with Crippen LogP contribution in [-0.4, -0.2) is 45.1 Å². The third-order valence-corrected chi connectivity index (χ3v) is 8.29. The number of nitrogens with one attached hydrogen (secondary N) is 2. The van der Waals surface area contributed by atoms with E-state index in [-0.39, 0.29) is 12.1 Å². The van der Waals surface area contributed by atoms with Gasteiger partial charge in [-0.3, -0.25) is 5.43 Å². The lowest BCUT2D eigenvalue weighted by molar-refractivity contribution is -0.0189. The summed E-state index contributed by atoms with van der Waals surface area (Å²) in [6.45, 7) is 7.64. The predicted octanol–water partition coefficient (Wildman–Crippen LogP) is 10.3. The SMILES string of the molecule is CCCCC/C=C\C/C=C\CCCCCCCCOCC(CNNCN=C(N)N)OCCCCCCCC/C=C\C/C=C\CCCCC. The molecule has 280 valence electrons. The largest absolute Gasteiger partial charge is 0.379 e. The van der Waals surface area contributed by atoms with Crippen LogP contribution in [0.1, 0.15) is 168 Å². The van der Waals surface area contributed by atoms with Crippen LogP contribution in [-0.2, 0) is 9.47 Å². The molecule has 48 heavy (non-hydrogen) atoms. The van der Waals surface area contributed by atoms with Gasteiger partial charge in [-0.15, -0.1) is 0 Å². The fourth-order valence-electron chi connectivity index (χ4n) is 5.29. The Hall–Kier alpha value is -1.93. The Morgan fingerprint density at radius 3 is 1.46 bits per heavy atom. The molecule has 0 fully saturated rings. The summed E-state index contributed by atoms with van der Waals surface area (Å²) in [6, 6.07) is 0. The highest BCUT2D eigenvalue weighted by Gasteiger charge is 2.09. The number of ether oxygens (including phenoxy) is 2. The van der Waals surface area contributed by atoms with Gasteiger partial charge in [0.1, 0.15) is 6.67 Å². The van der Waals surface area contributed by atoms with Crippen molar-refractivity contribution in [2.75, 3.05) is 33.0 Å². The van der Waals surface area contributed by atoms with Crippen molar-refractivity contribution in [1.29, 1.82) is 0 Å². The van der Waals surface area contributed by atoms with Gasteiger partial charge in [-0.05, 0) is 77.0 Å². The summed E-state index contributed by atoms with van der Waals surface area (Å²) in [7, 11) is 0. The molecule has 1 atom stereocenters. The zero-order valence-corrected chi connectivity index (χ0v) is 31.6. The third kappa shape index (κ3) is 40.2.